The molecule has 0 bridgehead atoms. The summed E-state index contributed by atoms with van der Waals surface area (Å²) < 4.78 is 0. The standard InChI is InChI=1S/C28H45N3O3/c1-20(19-32)24(29)28(17-21-11-7-6-8-12-21,27(5,34)25(33)30-26(2,3)4)31-16-15-22-13-9-10-14-23(22)18-31/h6-8,11-12,19-20,22-24,34H,9-10,13-18,29H2,1-5H3,(H,30,33). The lowest BCUT2D eigenvalue weighted by Gasteiger charge is -2.58. The molecule has 2 aliphatic rings. The Balaban J connectivity index is 2.14. The molecule has 1 saturated carbocycles. The molecule has 34 heavy (non-hydrogen) atoms. The quantitative estimate of drug-likeness (QED) is 0.506. The van der Waals surface area contributed by atoms with Crippen molar-refractivity contribution in [1.29, 1.82) is 0 Å². The van der Waals surface area contributed by atoms with E-state index in [-0.39, 0.29) is 0 Å². The van der Waals surface area contributed by atoms with E-state index < -0.39 is 34.5 Å². The summed E-state index contributed by atoms with van der Waals surface area (Å²) in [5.41, 5.74) is 4.43. The maximum absolute atomic E-state index is 13.7. The Labute approximate surface area is 205 Å². The molecule has 0 aromatic heterocycles. The summed E-state index contributed by atoms with van der Waals surface area (Å²) in [4.78, 5) is 28.0. The zero-order valence-corrected chi connectivity index (χ0v) is 21.7. The smallest absolute Gasteiger partial charge is 0.254 e. The number of piperidine rings is 1. The maximum Gasteiger partial charge on any atom is 0.254 e. The highest BCUT2D eigenvalue weighted by Crippen LogP contribution is 2.44. The first kappa shape index (κ1) is 26.8. The van der Waals surface area contributed by atoms with E-state index in [1.54, 1.807) is 13.8 Å². The van der Waals surface area contributed by atoms with Gasteiger partial charge >= 0.3 is 0 Å². The molecular formula is C28H45N3O3. The lowest BCUT2D eigenvalue weighted by molar-refractivity contribution is -0.172. The summed E-state index contributed by atoms with van der Waals surface area (Å²) in [6.45, 7) is 10.6. The first-order chi connectivity index (χ1) is 15.9. The number of fused-ring (bicyclic) bond motifs is 1. The van der Waals surface area contributed by atoms with Gasteiger partial charge in [0.2, 0.25) is 0 Å². The van der Waals surface area contributed by atoms with Crippen LogP contribution in [0.5, 0.6) is 0 Å². The molecule has 0 spiro atoms. The van der Waals surface area contributed by atoms with Crippen LogP contribution in [-0.4, -0.2) is 58.0 Å². The second kappa shape index (κ2) is 10.5. The predicted molar refractivity (Wildman–Crippen MR) is 136 cm³/mol. The number of nitrogens with one attached hydrogen (secondary N) is 1. The third kappa shape index (κ3) is 5.39. The van der Waals surface area contributed by atoms with Gasteiger partial charge in [0, 0.05) is 24.0 Å². The summed E-state index contributed by atoms with van der Waals surface area (Å²) in [6, 6.07) is 9.18. The Morgan fingerprint density at radius 3 is 2.35 bits per heavy atom. The topological polar surface area (TPSA) is 95.7 Å². The number of hydrogen-bond acceptors (Lipinski definition) is 5. The average Bonchev–Trinajstić information content (AvgIpc) is 2.80. The number of hydrogen-bond donors (Lipinski definition) is 3. The number of nitrogens with zero attached hydrogens (tertiary/aromatic N) is 1. The number of carbonyl (C=O) groups is 2. The van der Waals surface area contributed by atoms with Gasteiger partial charge in [-0.15, -0.1) is 0 Å². The molecular weight excluding hydrogens is 426 g/mol. The third-order valence-electron chi connectivity index (χ3n) is 8.28. The molecule has 6 atom stereocenters. The van der Waals surface area contributed by atoms with Crippen LogP contribution < -0.4 is 11.1 Å². The zero-order chi connectivity index (χ0) is 25.1. The first-order valence-electron chi connectivity index (χ1n) is 13.0. The minimum Gasteiger partial charge on any atom is -0.378 e. The number of amides is 1. The Morgan fingerprint density at radius 1 is 1.15 bits per heavy atom. The largest absolute Gasteiger partial charge is 0.378 e. The molecule has 6 heteroatoms. The van der Waals surface area contributed by atoms with E-state index in [0.717, 1.165) is 37.8 Å². The summed E-state index contributed by atoms with van der Waals surface area (Å²) >= 11 is 0. The normalized spacial score (nSPS) is 26.9. The lowest BCUT2D eigenvalue weighted by atomic mass is 9.64. The molecule has 1 aliphatic carbocycles. The molecule has 190 valence electrons. The van der Waals surface area contributed by atoms with E-state index in [0.29, 0.717) is 18.3 Å². The van der Waals surface area contributed by atoms with Gasteiger partial charge in [0.1, 0.15) is 6.29 Å². The van der Waals surface area contributed by atoms with Gasteiger partial charge in [-0.1, -0.05) is 56.5 Å². The van der Waals surface area contributed by atoms with Gasteiger partial charge < -0.3 is 21.0 Å². The SMILES string of the molecule is CC(C=O)C(N)C(Cc1ccccc1)(N1CCC2CCCCC2C1)C(C)(O)C(=O)NC(C)(C)C. The predicted octanol–water partition coefficient (Wildman–Crippen LogP) is 3.31. The van der Waals surface area contributed by atoms with E-state index in [2.05, 4.69) is 10.2 Å². The minimum absolute atomic E-state index is 0.384. The average molecular weight is 472 g/mol. The van der Waals surface area contributed by atoms with Crippen LogP contribution in [0.4, 0.5) is 0 Å². The van der Waals surface area contributed by atoms with E-state index in [4.69, 9.17) is 5.73 Å². The van der Waals surface area contributed by atoms with Crippen LogP contribution in [0.2, 0.25) is 0 Å². The number of aliphatic hydroxyl groups is 1. The molecule has 6 nitrogen and oxygen atoms in total. The fourth-order valence-electron chi connectivity index (χ4n) is 6.29. The van der Waals surface area contributed by atoms with Crippen molar-refractivity contribution in [2.75, 3.05) is 13.1 Å². The molecule has 2 fully saturated rings. The summed E-state index contributed by atoms with van der Waals surface area (Å²) in [6.07, 6.45) is 7.19. The van der Waals surface area contributed by atoms with Gasteiger partial charge in [0.05, 0.1) is 5.54 Å². The second-order valence-electron chi connectivity index (χ2n) is 11.9. The van der Waals surface area contributed by atoms with E-state index in [1.807, 2.05) is 51.1 Å². The molecule has 1 aromatic rings. The summed E-state index contributed by atoms with van der Waals surface area (Å²) in [7, 11) is 0. The molecule has 6 unspecified atom stereocenters. The van der Waals surface area contributed by atoms with Gasteiger partial charge in [-0.05, 0) is 70.9 Å². The van der Waals surface area contributed by atoms with Crippen LogP contribution in [0.3, 0.4) is 0 Å². The Bertz CT molecular complexity index is 835. The van der Waals surface area contributed by atoms with Crippen molar-refractivity contribution in [2.45, 2.75) is 95.9 Å². The second-order valence-corrected chi connectivity index (χ2v) is 11.9. The highest BCUT2D eigenvalue weighted by molar-refractivity contribution is 5.87. The van der Waals surface area contributed by atoms with E-state index >= 15 is 0 Å². The van der Waals surface area contributed by atoms with E-state index in [1.165, 1.54) is 19.3 Å². The van der Waals surface area contributed by atoms with Crippen molar-refractivity contribution < 1.29 is 14.7 Å². The number of likely N-dealkylation sites (tertiary alicyclic amines) is 1. The van der Waals surface area contributed by atoms with Crippen LogP contribution in [0.1, 0.15) is 72.3 Å². The number of rotatable bonds is 8. The molecule has 4 N–H and O–H groups in total. The van der Waals surface area contributed by atoms with Gasteiger partial charge in [-0.3, -0.25) is 9.69 Å². The van der Waals surface area contributed by atoms with Gasteiger partial charge in [-0.25, -0.2) is 0 Å². The van der Waals surface area contributed by atoms with E-state index in [9.17, 15) is 14.7 Å². The van der Waals surface area contributed by atoms with Crippen molar-refractivity contribution in [3.63, 3.8) is 0 Å². The van der Waals surface area contributed by atoms with Crippen LogP contribution in [0, 0.1) is 17.8 Å². The number of carbonyl (C=O) groups excluding carboxylic acids is 2. The number of aldehydes is 1. The fourth-order valence-corrected chi connectivity index (χ4v) is 6.29. The molecule has 1 aliphatic heterocycles. The third-order valence-corrected chi connectivity index (χ3v) is 8.28. The maximum atomic E-state index is 13.7. The minimum atomic E-state index is -1.83. The molecule has 1 aromatic carbocycles. The zero-order valence-electron chi connectivity index (χ0n) is 21.7. The fraction of sp³-hybridized carbons (Fsp3) is 0.714. The highest BCUT2D eigenvalue weighted by Gasteiger charge is 2.61. The van der Waals surface area contributed by atoms with Gasteiger partial charge in [0.15, 0.2) is 5.60 Å². The van der Waals surface area contributed by atoms with Crippen LogP contribution >= 0.6 is 0 Å². The van der Waals surface area contributed by atoms with Crippen molar-refractivity contribution in [2.24, 2.45) is 23.5 Å². The van der Waals surface area contributed by atoms with Gasteiger partial charge in [0.25, 0.3) is 5.91 Å². The Kier molecular flexibility index (Phi) is 8.26. The molecule has 3 rings (SSSR count). The Hall–Kier alpha value is -1.76. The molecule has 1 heterocycles. The number of nitrogens with two attached hydrogens (primary N) is 1. The Morgan fingerprint density at radius 2 is 1.76 bits per heavy atom. The lowest BCUT2D eigenvalue weighted by Crippen LogP contribution is -2.79. The summed E-state index contributed by atoms with van der Waals surface area (Å²) in [5.74, 6) is 0.238. The van der Waals surface area contributed by atoms with Crippen LogP contribution in [0.25, 0.3) is 0 Å². The van der Waals surface area contributed by atoms with Crippen molar-refractivity contribution in [1.82, 2.24) is 10.2 Å². The van der Waals surface area contributed by atoms with Crippen LogP contribution in [-0.2, 0) is 16.0 Å². The monoisotopic (exact) mass is 471 g/mol. The van der Waals surface area contributed by atoms with Crippen molar-refractivity contribution in [3.05, 3.63) is 35.9 Å². The molecule has 1 saturated heterocycles. The van der Waals surface area contributed by atoms with Crippen molar-refractivity contribution in [3.8, 4) is 0 Å². The highest BCUT2D eigenvalue weighted by atomic mass is 16.3. The molecule has 1 amide bonds. The number of benzene rings is 1. The molecule has 0 radical (unpaired) electrons. The van der Waals surface area contributed by atoms with Crippen LogP contribution in [0.15, 0.2) is 30.3 Å². The van der Waals surface area contributed by atoms with Gasteiger partial charge in [-0.2, -0.15) is 0 Å². The van der Waals surface area contributed by atoms with Crippen molar-refractivity contribution >= 4 is 12.2 Å². The summed E-state index contributed by atoms with van der Waals surface area (Å²) in [5, 5.41) is 15.2. The first-order valence-corrected chi connectivity index (χ1v) is 13.0.